The smallest absolute Gasteiger partial charge is 0.323 e. The highest BCUT2D eigenvalue weighted by atomic mass is 35.5. The third-order valence-corrected chi connectivity index (χ3v) is 6.37. The molecular formula is C25H28ClFN2O5. The summed E-state index contributed by atoms with van der Waals surface area (Å²) in [4.78, 5) is 40.9. The first-order valence-corrected chi connectivity index (χ1v) is 11.5. The first kappa shape index (κ1) is 25.6. The molecule has 1 aliphatic rings. The lowest BCUT2D eigenvalue weighted by molar-refractivity contribution is -0.153. The van der Waals surface area contributed by atoms with Gasteiger partial charge in [-0.25, -0.2) is 4.39 Å². The van der Waals surface area contributed by atoms with Gasteiger partial charge in [-0.2, -0.15) is 0 Å². The number of hydrogen-bond acceptors (Lipinski definition) is 4. The lowest BCUT2D eigenvalue weighted by atomic mass is 9.83. The van der Waals surface area contributed by atoms with Crippen LogP contribution in [0.3, 0.4) is 0 Å². The predicted octanol–water partition coefficient (Wildman–Crippen LogP) is 3.56. The number of likely N-dealkylation sites (tertiary alicyclic amines) is 1. The highest BCUT2D eigenvalue weighted by Crippen LogP contribution is 2.40. The van der Waals surface area contributed by atoms with Gasteiger partial charge in [0.05, 0.1) is 18.6 Å². The van der Waals surface area contributed by atoms with Crippen LogP contribution in [0.25, 0.3) is 0 Å². The number of aliphatic carboxylic acids is 1. The highest BCUT2D eigenvalue weighted by Gasteiger charge is 2.43. The monoisotopic (exact) mass is 490 g/mol. The molecule has 0 radical (unpaired) electrons. The van der Waals surface area contributed by atoms with Crippen LogP contribution in [-0.4, -0.2) is 66.0 Å². The summed E-state index contributed by atoms with van der Waals surface area (Å²) in [5.74, 6) is -2.80. The van der Waals surface area contributed by atoms with Gasteiger partial charge in [0.25, 0.3) is 0 Å². The number of carboxylic acids is 1. The van der Waals surface area contributed by atoms with E-state index in [1.807, 2.05) is 0 Å². The number of nitrogens with zero attached hydrogens (tertiary/aromatic N) is 2. The van der Waals surface area contributed by atoms with E-state index in [0.29, 0.717) is 16.1 Å². The Kier molecular flexibility index (Phi) is 9.01. The first-order valence-electron chi connectivity index (χ1n) is 11.1. The summed E-state index contributed by atoms with van der Waals surface area (Å²) < 4.78 is 19.3. The van der Waals surface area contributed by atoms with Crippen molar-refractivity contribution in [2.24, 2.45) is 5.92 Å². The number of rotatable bonds is 10. The van der Waals surface area contributed by atoms with Crippen LogP contribution in [0.1, 0.15) is 30.0 Å². The number of carboxylic acid groups (broad SMARTS) is 1. The summed E-state index contributed by atoms with van der Waals surface area (Å²) in [5, 5.41) is 9.87. The maximum absolute atomic E-state index is 14.1. The van der Waals surface area contributed by atoms with Crippen molar-refractivity contribution >= 4 is 29.4 Å². The molecule has 1 aliphatic heterocycles. The Morgan fingerprint density at radius 1 is 1.21 bits per heavy atom. The molecule has 34 heavy (non-hydrogen) atoms. The fraction of sp³-hybridized carbons (Fsp3) is 0.400. The minimum atomic E-state index is -1.17. The van der Waals surface area contributed by atoms with E-state index in [0.717, 1.165) is 0 Å². The Balaban J connectivity index is 1.93. The largest absolute Gasteiger partial charge is 0.480 e. The Bertz CT molecular complexity index is 1030. The molecule has 0 bridgehead atoms. The Hall–Kier alpha value is -2.97. The van der Waals surface area contributed by atoms with Gasteiger partial charge in [0, 0.05) is 31.6 Å². The number of piperidine rings is 1. The number of methoxy groups -OCH3 is 1. The van der Waals surface area contributed by atoms with E-state index >= 15 is 0 Å². The summed E-state index contributed by atoms with van der Waals surface area (Å²) in [7, 11) is 1.53. The van der Waals surface area contributed by atoms with Crippen LogP contribution in [0.15, 0.2) is 48.5 Å². The normalized spacial score (nSPS) is 18.1. The van der Waals surface area contributed by atoms with Crippen LogP contribution in [0.4, 0.5) is 4.39 Å². The zero-order valence-corrected chi connectivity index (χ0v) is 19.7. The summed E-state index contributed by atoms with van der Waals surface area (Å²) in [6.07, 6.45) is 0.573. The number of carbonyl (C=O) groups is 3. The number of ether oxygens (including phenoxy) is 1. The number of carbonyl (C=O) groups excluding carboxylic acids is 2. The molecule has 0 spiro atoms. The van der Waals surface area contributed by atoms with Gasteiger partial charge in [-0.3, -0.25) is 14.4 Å². The molecule has 7 nitrogen and oxygen atoms in total. The molecule has 182 valence electrons. The first-order chi connectivity index (χ1) is 16.3. The van der Waals surface area contributed by atoms with Gasteiger partial charge in [0.1, 0.15) is 12.4 Å². The van der Waals surface area contributed by atoms with E-state index in [-0.39, 0.29) is 44.9 Å². The summed E-state index contributed by atoms with van der Waals surface area (Å²) in [6.45, 7) is 0.0533. The number of halogens is 2. The molecule has 2 aromatic rings. The Labute approximate surface area is 203 Å². The molecule has 2 atom stereocenters. The third kappa shape index (κ3) is 6.12. The van der Waals surface area contributed by atoms with E-state index in [1.165, 1.54) is 18.1 Å². The SMILES string of the molecule is COCCN1C(=O)CC[C@@H](C(=O)N(CCc2ccccc2F)CC(=O)O)[C@@H]1c1ccccc1Cl. The molecule has 3 rings (SSSR count). The predicted molar refractivity (Wildman–Crippen MR) is 125 cm³/mol. The minimum Gasteiger partial charge on any atom is -0.480 e. The molecule has 0 aromatic heterocycles. The van der Waals surface area contributed by atoms with Crippen LogP contribution in [0.2, 0.25) is 5.02 Å². The van der Waals surface area contributed by atoms with E-state index in [2.05, 4.69) is 0 Å². The standard InChI is InChI=1S/C25H28ClFN2O5/c1-34-15-14-29-22(30)11-10-19(24(29)18-7-3-4-8-20(18)26)25(33)28(16-23(31)32)13-12-17-6-2-5-9-21(17)27/h2-9,19,24H,10-16H2,1H3,(H,31,32)/t19-,24+/m1/s1. The molecule has 1 heterocycles. The highest BCUT2D eigenvalue weighted by molar-refractivity contribution is 6.31. The van der Waals surface area contributed by atoms with E-state index in [4.69, 9.17) is 16.3 Å². The number of amides is 2. The van der Waals surface area contributed by atoms with E-state index in [9.17, 15) is 23.9 Å². The van der Waals surface area contributed by atoms with Crippen molar-refractivity contribution in [2.45, 2.75) is 25.3 Å². The summed E-state index contributed by atoms with van der Waals surface area (Å²) >= 11 is 6.47. The molecule has 1 fully saturated rings. The van der Waals surface area contributed by atoms with Crippen molar-refractivity contribution in [1.82, 2.24) is 9.80 Å². The summed E-state index contributed by atoms with van der Waals surface area (Å²) in [6, 6.07) is 12.5. The van der Waals surface area contributed by atoms with Crippen molar-refractivity contribution < 1.29 is 28.6 Å². The van der Waals surface area contributed by atoms with Gasteiger partial charge >= 0.3 is 5.97 Å². The summed E-state index contributed by atoms with van der Waals surface area (Å²) in [5.41, 5.74) is 1.02. The van der Waals surface area contributed by atoms with Gasteiger partial charge in [0.15, 0.2) is 0 Å². The maximum atomic E-state index is 14.1. The quantitative estimate of drug-likeness (QED) is 0.550. The van der Waals surface area contributed by atoms with Crippen LogP contribution in [-0.2, 0) is 25.5 Å². The molecule has 2 amide bonds. The van der Waals surface area contributed by atoms with Crippen molar-refractivity contribution in [2.75, 3.05) is 33.4 Å². The average Bonchev–Trinajstić information content (AvgIpc) is 2.81. The van der Waals surface area contributed by atoms with Crippen LogP contribution >= 0.6 is 11.6 Å². The third-order valence-electron chi connectivity index (χ3n) is 6.03. The number of benzene rings is 2. The van der Waals surface area contributed by atoms with E-state index < -0.39 is 36.2 Å². The zero-order valence-electron chi connectivity index (χ0n) is 19.0. The fourth-order valence-electron chi connectivity index (χ4n) is 4.39. The van der Waals surface area contributed by atoms with Crippen LogP contribution in [0, 0.1) is 11.7 Å². The second kappa shape index (κ2) is 11.9. The molecule has 0 saturated carbocycles. The fourth-order valence-corrected chi connectivity index (χ4v) is 4.63. The van der Waals surface area contributed by atoms with Crippen LogP contribution in [0.5, 0.6) is 0 Å². The minimum absolute atomic E-state index is 0.0316. The molecule has 0 aliphatic carbocycles. The van der Waals surface area contributed by atoms with Gasteiger partial charge < -0.3 is 19.6 Å². The average molecular weight is 491 g/mol. The zero-order chi connectivity index (χ0) is 24.7. The Morgan fingerprint density at radius 2 is 1.91 bits per heavy atom. The van der Waals surface area contributed by atoms with Gasteiger partial charge in [-0.15, -0.1) is 0 Å². The van der Waals surface area contributed by atoms with Crippen LogP contribution < -0.4 is 0 Å². The molecule has 2 aromatic carbocycles. The second-order valence-electron chi connectivity index (χ2n) is 8.19. The molecular weight excluding hydrogens is 463 g/mol. The van der Waals surface area contributed by atoms with Gasteiger partial charge in [0.2, 0.25) is 11.8 Å². The van der Waals surface area contributed by atoms with Crippen molar-refractivity contribution in [3.8, 4) is 0 Å². The van der Waals surface area contributed by atoms with Crippen molar-refractivity contribution in [1.29, 1.82) is 0 Å². The maximum Gasteiger partial charge on any atom is 0.323 e. The molecule has 9 heteroatoms. The van der Waals surface area contributed by atoms with Gasteiger partial charge in [-0.1, -0.05) is 48.0 Å². The molecule has 1 N–H and O–H groups in total. The van der Waals surface area contributed by atoms with E-state index in [1.54, 1.807) is 47.4 Å². The lowest BCUT2D eigenvalue weighted by Gasteiger charge is -2.42. The lowest BCUT2D eigenvalue weighted by Crippen LogP contribution is -2.51. The Morgan fingerprint density at radius 3 is 2.59 bits per heavy atom. The molecule has 1 saturated heterocycles. The van der Waals surface area contributed by atoms with Crippen molar-refractivity contribution in [3.05, 3.63) is 70.5 Å². The second-order valence-corrected chi connectivity index (χ2v) is 8.59. The van der Waals surface area contributed by atoms with Gasteiger partial charge in [-0.05, 0) is 36.1 Å². The molecule has 0 unspecified atom stereocenters. The number of hydrogen-bond donors (Lipinski definition) is 1. The van der Waals surface area contributed by atoms with Crippen molar-refractivity contribution in [3.63, 3.8) is 0 Å². The topological polar surface area (TPSA) is 87.2 Å².